The van der Waals surface area contributed by atoms with Crippen molar-refractivity contribution < 1.29 is 29.3 Å². The summed E-state index contributed by atoms with van der Waals surface area (Å²) in [5.74, 6) is -3.79. The predicted molar refractivity (Wildman–Crippen MR) is 113 cm³/mol. The van der Waals surface area contributed by atoms with Gasteiger partial charge in [-0.25, -0.2) is 0 Å². The Labute approximate surface area is 185 Å². The Morgan fingerprint density at radius 3 is 2.77 bits per heavy atom. The number of amides is 2. The van der Waals surface area contributed by atoms with Gasteiger partial charge < -0.3 is 24.7 Å². The number of benzene rings is 1. The Morgan fingerprint density at radius 1 is 1.39 bits per heavy atom. The minimum absolute atomic E-state index is 0.134. The summed E-state index contributed by atoms with van der Waals surface area (Å²) in [6, 6.07) is 5.89. The Balaban J connectivity index is 1.79. The first-order valence-electron chi connectivity index (χ1n) is 10.4. The molecule has 31 heavy (non-hydrogen) atoms. The molecule has 2 N–H and O–H groups in total. The first-order valence-corrected chi connectivity index (χ1v) is 10.7. The molecule has 166 valence electrons. The molecule has 0 aliphatic carbocycles. The fourth-order valence-corrected chi connectivity index (χ4v) is 5.69. The number of anilines is 1. The number of aliphatic hydroxyl groups excluding tert-OH is 1. The molecular weight excluding hydrogens is 424 g/mol. The van der Waals surface area contributed by atoms with Crippen molar-refractivity contribution in [3.63, 3.8) is 0 Å². The van der Waals surface area contributed by atoms with E-state index in [1.54, 1.807) is 30.3 Å². The van der Waals surface area contributed by atoms with Gasteiger partial charge in [-0.3, -0.25) is 14.4 Å². The molecule has 3 aliphatic heterocycles. The Morgan fingerprint density at radius 2 is 2.13 bits per heavy atom. The minimum Gasteiger partial charge on any atom is -0.481 e. The van der Waals surface area contributed by atoms with Crippen LogP contribution in [0.4, 0.5) is 5.69 Å². The lowest BCUT2D eigenvalue weighted by atomic mass is 9.70. The van der Waals surface area contributed by atoms with E-state index in [1.165, 1.54) is 9.80 Å². The fourth-order valence-electron chi connectivity index (χ4n) is 5.45. The maximum atomic E-state index is 13.9. The van der Waals surface area contributed by atoms with Crippen molar-refractivity contribution in [2.45, 2.75) is 37.0 Å². The van der Waals surface area contributed by atoms with Crippen LogP contribution >= 0.6 is 11.6 Å². The van der Waals surface area contributed by atoms with Crippen LogP contribution in [-0.2, 0) is 19.1 Å². The van der Waals surface area contributed by atoms with Gasteiger partial charge in [0.1, 0.15) is 11.6 Å². The summed E-state index contributed by atoms with van der Waals surface area (Å²) in [5.41, 5.74) is -0.719. The second kappa shape index (κ2) is 8.26. The highest BCUT2D eigenvalue weighted by Crippen LogP contribution is 2.58. The number of carboxylic acids is 1. The Bertz CT molecular complexity index is 923. The summed E-state index contributed by atoms with van der Waals surface area (Å²) in [7, 11) is 0. The second-order valence-corrected chi connectivity index (χ2v) is 8.60. The largest absolute Gasteiger partial charge is 0.481 e. The first-order chi connectivity index (χ1) is 14.9. The molecule has 3 fully saturated rings. The van der Waals surface area contributed by atoms with Gasteiger partial charge in [-0.15, -0.1) is 6.58 Å². The second-order valence-electron chi connectivity index (χ2n) is 8.19. The molecule has 3 saturated heterocycles. The fraction of sp³-hybridized carbons (Fsp3) is 0.500. The third-order valence-electron chi connectivity index (χ3n) is 6.60. The van der Waals surface area contributed by atoms with Crippen LogP contribution in [0.5, 0.6) is 0 Å². The SMILES string of the molecule is C=CCN(C(=O)C1N(CCCO)C(=O)[C@@H]2[C@@H](C(=O)O)[C@H]3CCC12O3)c1ccccc1Cl. The highest BCUT2D eigenvalue weighted by molar-refractivity contribution is 6.34. The normalized spacial score (nSPS) is 31.0. The van der Waals surface area contributed by atoms with Gasteiger partial charge in [-0.1, -0.05) is 29.8 Å². The van der Waals surface area contributed by atoms with Crippen molar-refractivity contribution in [3.8, 4) is 0 Å². The number of carbonyl (C=O) groups excluding carboxylic acids is 2. The smallest absolute Gasteiger partial charge is 0.310 e. The Hall–Kier alpha value is -2.42. The molecule has 8 nitrogen and oxygen atoms in total. The summed E-state index contributed by atoms with van der Waals surface area (Å²) in [6.45, 7) is 3.87. The number of fused-ring (bicyclic) bond motifs is 1. The van der Waals surface area contributed by atoms with Crippen LogP contribution in [-0.4, -0.2) is 70.3 Å². The van der Waals surface area contributed by atoms with Crippen LogP contribution in [0, 0.1) is 11.8 Å². The number of rotatable bonds is 8. The van der Waals surface area contributed by atoms with Gasteiger partial charge in [-0.05, 0) is 31.4 Å². The van der Waals surface area contributed by atoms with Crippen LogP contribution in [0.3, 0.4) is 0 Å². The monoisotopic (exact) mass is 448 g/mol. The molecule has 9 heteroatoms. The molecule has 5 atom stereocenters. The molecular formula is C22H25ClN2O6. The van der Waals surface area contributed by atoms with Gasteiger partial charge in [-0.2, -0.15) is 0 Å². The van der Waals surface area contributed by atoms with Gasteiger partial charge >= 0.3 is 5.97 Å². The summed E-state index contributed by atoms with van der Waals surface area (Å²) in [6.07, 6.45) is 2.15. The standard InChI is InChI=1S/C22H25ClN2O6/c1-2-10-24(14-7-4-3-6-13(14)23)20(28)18-22-9-8-15(31-22)16(21(29)30)17(22)19(27)25(18)11-5-12-26/h2-4,6-7,15-18,26H,1,5,8-12H2,(H,29,30)/t15-,16+,17+,18?,22?/m1/s1. The van der Waals surface area contributed by atoms with Crippen LogP contribution in [0.1, 0.15) is 19.3 Å². The Kier molecular flexibility index (Phi) is 5.81. The average Bonchev–Trinajstić information content (AvgIpc) is 3.38. The van der Waals surface area contributed by atoms with Gasteiger partial charge in [0, 0.05) is 19.7 Å². The predicted octanol–water partition coefficient (Wildman–Crippen LogP) is 1.70. The van der Waals surface area contributed by atoms with Crippen LogP contribution < -0.4 is 4.90 Å². The zero-order valence-electron chi connectivity index (χ0n) is 16.9. The van der Waals surface area contributed by atoms with Gasteiger partial charge in [0.25, 0.3) is 5.91 Å². The number of carbonyl (C=O) groups is 3. The molecule has 0 radical (unpaired) electrons. The van der Waals surface area contributed by atoms with Crippen molar-refractivity contribution in [1.82, 2.24) is 4.90 Å². The van der Waals surface area contributed by atoms with E-state index in [4.69, 9.17) is 16.3 Å². The van der Waals surface area contributed by atoms with Crippen LogP contribution in [0.2, 0.25) is 5.02 Å². The van der Waals surface area contributed by atoms with E-state index in [1.807, 2.05) is 0 Å². The lowest BCUT2D eigenvalue weighted by molar-refractivity contribution is -0.149. The molecule has 1 spiro atoms. The van der Waals surface area contributed by atoms with E-state index in [0.29, 0.717) is 23.6 Å². The number of carboxylic acid groups (broad SMARTS) is 1. The zero-order chi connectivity index (χ0) is 22.3. The number of aliphatic carboxylic acids is 1. The summed E-state index contributed by atoms with van der Waals surface area (Å²) < 4.78 is 6.15. The highest BCUT2D eigenvalue weighted by Gasteiger charge is 2.74. The van der Waals surface area contributed by atoms with Crippen molar-refractivity contribution in [2.24, 2.45) is 11.8 Å². The molecule has 1 aromatic carbocycles. The number of para-hydroxylation sites is 1. The minimum atomic E-state index is -1.20. The van der Waals surface area contributed by atoms with Crippen LogP contribution in [0.25, 0.3) is 0 Å². The number of aliphatic hydroxyl groups is 1. The molecule has 2 bridgehead atoms. The lowest BCUT2D eigenvalue weighted by Crippen LogP contribution is -2.56. The third kappa shape index (κ3) is 3.24. The number of ether oxygens (including phenoxy) is 1. The van der Waals surface area contributed by atoms with Crippen molar-refractivity contribution in [3.05, 3.63) is 41.9 Å². The number of halogens is 1. The molecule has 3 aliphatic rings. The van der Waals surface area contributed by atoms with E-state index in [9.17, 15) is 24.6 Å². The van der Waals surface area contributed by atoms with Crippen molar-refractivity contribution >= 4 is 35.1 Å². The number of hydrogen-bond donors (Lipinski definition) is 2. The van der Waals surface area contributed by atoms with E-state index >= 15 is 0 Å². The third-order valence-corrected chi connectivity index (χ3v) is 6.92. The number of nitrogens with zero attached hydrogens (tertiary/aromatic N) is 2. The van der Waals surface area contributed by atoms with E-state index in [-0.39, 0.29) is 26.1 Å². The molecule has 2 amide bonds. The van der Waals surface area contributed by atoms with Crippen molar-refractivity contribution in [1.29, 1.82) is 0 Å². The van der Waals surface area contributed by atoms with E-state index in [2.05, 4.69) is 6.58 Å². The summed E-state index contributed by atoms with van der Waals surface area (Å²) in [5, 5.41) is 19.5. The average molecular weight is 449 g/mol. The number of hydrogen-bond acceptors (Lipinski definition) is 5. The summed E-state index contributed by atoms with van der Waals surface area (Å²) in [4.78, 5) is 42.1. The zero-order valence-corrected chi connectivity index (χ0v) is 17.7. The van der Waals surface area contributed by atoms with Gasteiger partial charge in [0.05, 0.1) is 28.6 Å². The van der Waals surface area contributed by atoms with Gasteiger partial charge in [0.15, 0.2) is 0 Å². The highest BCUT2D eigenvalue weighted by atomic mass is 35.5. The molecule has 2 unspecified atom stereocenters. The maximum Gasteiger partial charge on any atom is 0.310 e. The lowest BCUT2D eigenvalue weighted by Gasteiger charge is -2.37. The van der Waals surface area contributed by atoms with Gasteiger partial charge in [0.2, 0.25) is 5.91 Å². The molecule has 3 heterocycles. The molecule has 4 rings (SSSR count). The number of likely N-dealkylation sites (tertiary alicyclic amines) is 1. The topological polar surface area (TPSA) is 107 Å². The maximum absolute atomic E-state index is 13.9. The van der Waals surface area contributed by atoms with E-state index in [0.717, 1.165) is 0 Å². The first kappa shape index (κ1) is 21.8. The quantitative estimate of drug-likeness (QED) is 0.586. The molecule has 0 aromatic heterocycles. The van der Waals surface area contributed by atoms with Crippen molar-refractivity contribution in [2.75, 3.05) is 24.6 Å². The van der Waals surface area contributed by atoms with E-state index < -0.39 is 47.4 Å². The van der Waals surface area contributed by atoms with Crippen LogP contribution in [0.15, 0.2) is 36.9 Å². The molecule has 0 saturated carbocycles. The summed E-state index contributed by atoms with van der Waals surface area (Å²) >= 11 is 6.36. The molecule has 1 aromatic rings.